The lowest BCUT2D eigenvalue weighted by Crippen LogP contribution is -2.34. The lowest BCUT2D eigenvalue weighted by atomic mass is 10.0. The van der Waals surface area contributed by atoms with Gasteiger partial charge >= 0.3 is 5.97 Å². The van der Waals surface area contributed by atoms with Crippen LogP contribution in [0.3, 0.4) is 0 Å². The zero-order chi connectivity index (χ0) is 12.3. The summed E-state index contributed by atoms with van der Waals surface area (Å²) >= 11 is 0. The standard InChI is InChI=1S/C11H13F2NO2/c1-6(2)10(11(15)16)14-9-5-7(12)3-4-8(9)13/h3-6,10,14H,1-2H3,(H,15,16). The molecule has 1 atom stereocenters. The van der Waals surface area contributed by atoms with E-state index < -0.39 is 23.6 Å². The molecule has 0 aromatic heterocycles. The van der Waals surface area contributed by atoms with Gasteiger partial charge < -0.3 is 10.4 Å². The van der Waals surface area contributed by atoms with Crippen LogP contribution in [0.5, 0.6) is 0 Å². The number of halogens is 2. The van der Waals surface area contributed by atoms with Gasteiger partial charge in [-0.05, 0) is 24.1 Å². The van der Waals surface area contributed by atoms with Crippen molar-refractivity contribution in [3.63, 3.8) is 0 Å². The van der Waals surface area contributed by atoms with E-state index in [0.29, 0.717) is 0 Å². The molecule has 0 aliphatic carbocycles. The molecule has 0 fully saturated rings. The summed E-state index contributed by atoms with van der Waals surface area (Å²) in [7, 11) is 0. The second kappa shape index (κ2) is 4.92. The van der Waals surface area contributed by atoms with Crippen molar-refractivity contribution in [2.75, 3.05) is 5.32 Å². The quantitative estimate of drug-likeness (QED) is 0.833. The summed E-state index contributed by atoms with van der Waals surface area (Å²) in [5.41, 5.74) is -0.138. The summed E-state index contributed by atoms with van der Waals surface area (Å²) in [5.74, 6) is -2.62. The molecule has 1 unspecified atom stereocenters. The third kappa shape index (κ3) is 2.92. The van der Waals surface area contributed by atoms with Crippen molar-refractivity contribution in [2.45, 2.75) is 19.9 Å². The molecule has 16 heavy (non-hydrogen) atoms. The molecule has 0 amide bonds. The van der Waals surface area contributed by atoms with Crippen molar-refractivity contribution in [3.05, 3.63) is 29.8 Å². The molecule has 0 heterocycles. The molecule has 5 heteroatoms. The van der Waals surface area contributed by atoms with Crippen LogP contribution in [0.4, 0.5) is 14.5 Å². The highest BCUT2D eigenvalue weighted by molar-refractivity contribution is 5.77. The van der Waals surface area contributed by atoms with E-state index in [1.54, 1.807) is 13.8 Å². The zero-order valence-electron chi connectivity index (χ0n) is 9.00. The Morgan fingerprint density at radius 2 is 2.00 bits per heavy atom. The molecule has 2 N–H and O–H groups in total. The van der Waals surface area contributed by atoms with Crippen LogP contribution in [0.25, 0.3) is 0 Å². The van der Waals surface area contributed by atoms with Gasteiger partial charge in [-0.15, -0.1) is 0 Å². The summed E-state index contributed by atoms with van der Waals surface area (Å²) in [5, 5.41) is 11.4. The third-order valence-electron chi connectivity index (χ3n) is 2.17. The molecule has 0 saturated carbocycles. The van der Waals surface area contributed by atoms with Crippen molar-refractivity contribution in [1.82, 2.24) is 0 Å². The number of hydrogen-bond acceptors (Lipinski definition) is 2. The molecule has 1 aromatic rings. The highest BCUT2D eigenvalue weighted by atomic mass is 19.1. The topological polar surface area (TPSA) is 49.3 Å². The van der Waals surface area contributed by atoms with Crippen molar-refractivity contribution < 1.29 is 18.7 Å². The van der Waals surface area contributed by atoms with Crippen molar-refractivity contribution in [1.29, 1.82) is 0 Å². The van der Waals surface area contributed by atoms with Gasteiger partial charge in [-0.1, -0.05) is 13.8 Å². The minimum atomic E-state index is -1.10. The smallest absolute Gasteiger partial charge is 0.326 e. The van der Waals surface area contributed by atoms with E-state index in [2.05, 4.69) is 5.32 Å². The molecule has 1 aromatic carbocycles. The Labute approximate surface area is 92.1 Å². The number of carboxylic acids is 1. The van der Waals surface area contributed by atoms with Crippen LogP contribution in [-0.4, -0.2) is 17.1 Å². The first-order valence-electron chi connectivity index (χ1n) is 4.86. The molecule has 88 valence electrons. The predicted molar refractivity (Wildman–Crippen MR) is 56.2 cm³/mol. The highest BCUT2D eigenvalue weighted by Crippen LogP contribution is 2.18. The van der Waals surface area contributed by atoms with Gasteiger partial charge in [0.15, 0.2) is 0 Å². The van der Waals surface area contributed by atoms with E-state index in [1.807, 2.05) is 0 Å². The van der Waals surface area contributed by atoms with Crippen LogP contribution >= 0.6 is 0 Å². The molecule has 0 aliphatic rings. The summed E-state index contributed by atoms with van der Waals surface area (Å²) in [4.78, 5) is 10.9. The van der Waals surface area contributed by atoms with Gasteiger partial charge in [0.1, 0.15) is 17.7 Å². The van der Waals surface area contributed by atoms with E-state index in [0.717, 1.165) is 18.2 Å². The zero-order valence-corrected chi connectivity index (χ0v) is 9.00. The van der Waals surface area contributed by atoms with Crippen molar-refractivity contribution >= 4 is 11.7 Å². The number of rotatable bonds is 4. The summed E-state index contributed by atoms with van der Waals surface area (Å²) in [6, 6.07) is 1.92. The van der Waals surface area contributed by atoms with E-state index >= 15 is 0 Å². The maximum absolute atomic E-state index is 13.2. The summed E-state index contributed by atoms with van der Waals surface area (Å²) in [6.45, 7) is 3.37. The lowest BCUT2D eigenvalue weighted by Gasteiger charge is -2.19. The normalized spacial score (nSPS) is 12.6. The van der Waals surface area contributed by atoms with E-state index in [4.69, 9.17) is 5.11 Å². The minimum Gasteiger partial charge on any atom is -0.480 e. The largest absolute Gasteiger partial charge is 0.480 e. The summed E-state index contributed by atoms with van der Waals surface area (Å²) < 4.78 is 26.1. The first-order valence-corrected chi connectivity index (χ1v) is 4.86. The number of hydrogen-bond donors (Lipinski definition) is 2. The second-order valence-electron chi connectivity index (χ2n) is 3.83. The SMILES string of the molecule is CC(C)C(Nc1cc(F)ccc1F)C(=O)O. The number of aliphatic carboxylic acids is 1. The molecule has 1 rings (SSSR count). The fourth-order valence-electron chi connectivity index (χ4n) is 1.29. The number of carboxylic acid groups (broad SMARTS) is 1. The minimum absolute atomic E-state index is 0.138. The van der Waals surface area contributed by atoms with Gasteiger partial charge in [-0.3, -0.25) is 0 Å². The Morgan fingerprint density at radius 1 is 1.38 bits per heavy atom. The predicted octanol–water partition coefficient (Wildman–Crippen LogP) is 2.49. The molecule has 0 aliphatic heterocycles. The monoisotopic (exact) mass is 229 g/mol. The van der Waals surface area contributed by atoms with Gasteiger partial charge in [0, 0.05) is 0 Å². The second-order valence-corrected chi connectivity index (χ2v) is 3.83. The van der Waals surface area contributed by atoms with Crippen LogP contribution in [0.1, 0.15) is 13.8 Å². The molecule has 0 radical (unpaired) electrons. The number of anilines is 1. The molecular formula is C11H13F2NO2. The van der Waals surface area contributed by atoms with E-state index in [9.17, 15) is 13.6 Å². The maximum atomic E-state index is 13.2. The number of carbonyl (C=O) groups is 1. The molecular weight excluding hydrogens is 216 g/mol. The van der Waals surface area contributed by atoms with Crippen LogP contribution in [0.15, 0.2) is 18.2 Å². The van der Waals surface area contributed by atoms with E-state index in [-0.39, 0.29) is 11.6 Å². The maximum Gasteiger partial charge on any atom is 0.326 e. The Kier molecular flexibility index (Phi) is 3.82. The van der Waals surface area contributed by atoms with Crippen molar-refractivity contribution in [2.24, 2.45) is 5.92 Å². The van der Waals surface area contributed by atoms with Crippen LogP contribution in [-0.2, 0) is 4.79 Å². The van der Waals surface area contributed by atoms with Crippen LogP contribution < -0.4 is 5.32 Å². The van der Waals surface area contributed by atoms with Gasteiger partial charge in [-0.25, -0.2) is 13.6 Å². The number of benzene rings is 1. The first-order chi connectivity index (χ1) is 7.41. The first kappa shape index (κ1) is 12.4. The Bertz CT molecular complexity index is 394. The van der Waals surface area contributed by atoms with Gasteiger partial charge in [0.25, 0.3) is 0 Å². The highest BCUT2D eigenvalue weighted by Gasteiger charge is 2.22. The van der Waals surface area contributed by atoms with Gasteiger partial charge in [-0.2, -0.15) is 0 Å². The number of nitrogens with one attached hydrogen (secondary N) is 1. The van der Waals surface area contributed by atoms with Crippen LogP contribution in [0.2, 0.25) is 0 Å². The Balaban J connectivity index is 2.93. The van der Waals surface area contributed by atoms with E-state index in [1.165, 1.54) is 0 Å². The average molecular weight is 229 g/mol. The Morgan fingerprint density at radius 3 is 2.50 bits per heavy atom. The fourth-order valence-corrected chi connectivity index (χ4v) is 1.29. The van der Waals surface area contributed by atoms with Crippen molar-refractivity contribution in [3.8, 4) is 0 Å². The lowest BCUT2D eigenvalue weighted by molar-refractivity contribution is -0.138. The van der Waals surface area contributed by atoms with Crippen LogP contribution in [0, 0.1) is 17.6 Å². The van der Waals surface area contributed by atoms with Gasteiger partial charge in [0.2, 0.25) is 0 Å². The molecule has 0 bridgehead atoms. The fraction of sp³-hybridized carbons (Fsp3) is 0.364. The molecule has 0 spiro atoms. The molecule has 0 saturated heterocycles. The summed E-state index contributed by atoms with van der Waals surface area (Å²) in [6.07, 6.45) is 0. The van der Waals surface area contributed by atoms with Gasteiger partial charge in [0.05, 0.1) is 5.69 Å². The Hall–Kier alpha value is -1.65. The third-order valence-corrected chi connectivity index (χ3v) is 2.17. The molecule has 3 nitrogen and oxygen atoms in total. The average Bonchev–Trinajstić information content (AvgIpc) is 2.18.